The van der Waals surface area contributed by atoms with Crippen molar-refractivity contribution in [3.63, 3.8) is 0 Å². The number of aryl methyl sites for hydroxylation is 1. The van der Waals surface area contributed by atoms with Gasteiger partial charge in [0.25, 0.3) is 0 Å². The summed E-state index contributed by atoms with van der Waals surface area (Å²) in [7, 11) is 0. The number of hydrogen-bond acceptors (Lipinski definition) is 4. The van der Waals surface area contributed by atoms with Crippen LogP contribution in [0.15, 0.2) is 4.79 Å². The molecule has 2 N–H and O–H groups in total. The molecular weight excluding hydrogens is 248 g/mol. The monoisotopic (exact) mass is 268 g/mol. The van der Waals surface area contributed by atoms with E-state index in [9.17, 15) is 9.59 Å². The van der Waals surface area contributed by atoms with Crippen molar-refractivity contribution in [2.45, 2.75) is 45.2 Å². The van der Waals surface area contributed by atoms with Gasteiger partial charge in [0.05, 0.1) is 0 Å². The molecule has 7 nitrogen and oxygen atoms in total. The minimum absolute atomic E-state index is 0.0407. The van der Waals surface area contributed by atoms with Crippen LogP contribution < -0.4 is 11.0 Å². The SMILES string of the molecule is O=C(Cn1nc2n(c1=O)CCCCC2)NCCCO. The second-order valence-electron chi connectivity index (χ2n) is 4.75. The largest absolute Gasteiger partial charge is 0.396 e. The minimum Gasteiger partial charge on any atom is -0.396 e. The van der Waals surface area contributed by atoms with Crippen LogP contribution in [0.25, 0.3) is 0 Å². The zero-order valence-corrected chi connectivity index (χ0v) is 11.0. The third-order valence-corrected chi connectivity index (χ3v) is 3.23. The lowest BCUT2D eigenvalue weighted by atomic mass is 10.2. The second-order valence-corrected chi connectivity index (χ2v) is 4.75. The highest BCUT2D eigenvalue weighted by atomic mass is 16.3. The molecule has 0 aliphatic carbocycles. The lowest BCUT2D eigenvalue weighted by Crippen LogP contribution is -2.34. The highest BCUT2D eigenvalue weighted by molar-refractivity contribution is 5.75. The molecule has 1 aliphatic heterocycles. The summed E-state index contributed by atoms with van der Waals surface area (Å²) in [5.74, 6) is 0.537. The number of fused-ring (bicyclic) bond motifs is 1. The fourth-order valence-corrected chi connectivity index (χ4v) is 2.23. The van der Waals surface area contributed by atoms with Gasteiger partial charge in [-0.1, -0.05) is 6.42 Å². The number of carbonyl (C=O) groups excluding carboxylic acids is 1. The molecule has 0 aromatic carbocycles. The van der Waals surface area contributed by atoms with Crippen molar-refractivity contribution >= 4 is 5.91 Å². The van der Waals surface area contributed by atoms with E-state index in [1.54, 1.807) is 4.57 Å². The molecule has 0 spiro atoms. The Labute approximate surface area is 111 Å². The van der Waals surface area contributed by atoms with Gasteiger partial charge in [-0.05, 0) is 19.3 Å². The number of aromatic nitrogens is 3. The predicted octanol–water partition coefficient (Wildman–Crippen LogP) is -0.730. The van der Waals surface area contributed by atoms with Gasteiger partial charge in [0.2, 0.25) is 5.91 Å². The number of rotatable bonds is 5. The average molecular weight is 268 g/mol. The molecule has 0 saturated carbocycles. The van der Waals surface area contributed by atoms with Crippen LogP contribution in [0.3, 0.4) is 0 Å². The van der Waals surface area contributed by atoms with Gasteiger partial charge in [0, 0.05) is 26.1 Å². The molecule has 1 aliphatic rings. The minimum atomic E-state index is -0.246. The zero-order chi connectivity index (χ0) is 13.7. The van der Waals surface area contributed by atoms with Gasteiger partial charge >= 0.3 is 5.69 Å². The summed E-state index contributed by atoms with van der Waals surface area (Å²) in [5.41, 5.74) is -0.200. The van der Waals surface area contributed by atoms with Gasteiger partial charge in [-0.15, -0.1) is 0 Å². The number of nitrogens with one attached hydrogen (secondary N) is 1. The lowest BCUT2D eigenvalue weighted by Gasteiger charge is -2.03. The van der Waals surface area contributed by atoms with Gasteiger partial charge in [-0.2, -0.15) is 5.10 Å². The molecule has 1 amide bonds. The first kappa shape index (κ1) is 13.8. The average Bonchev–Trinajstić information content (AvgIpc) is 2.57. The molecule has 106 valence electrons. The van der Waals surface area contributed by atoms with Crippen LogP contribution in [-0.2, 0) is 24.3 Å². The van der Waals surface area contributed by atoms with E-state index in [1.165, 1.54) is 4.68 Å². The number of aliphatic hydroxyl groups excluding tert-OH is 1. The molecule has 1 aromatic rings. The van der Waals surface area contributed by atoms with E-state index < -0.39 is 0 Å². The van der Waals surface area contributed by atoms with Crippen molar-refractivity contribution in [1.82, 2.24) is 19.7 Å². The van der Waals surface area contributed by atoms with Gasteiger partial charge in [-0.25, -0.2) is 9.48 Å². The van der Waals surface area contributed by atoms with Crippen LogP contribution in [0.5, 0.6) is 0 Å². The standard InChI is InChI=1S/C12H20N4O3/c17-8-4-6-13-11(18)9-16-12(19)15-7-3-1-2-5-10(15)14-16/h17H,1-9H2,(H,13,18). The summed E-state index contributed by atoms with van der Waals surface area (Å²) in [6, 6.07) is 0. The Kier molecular flexibility index (Phi) is 4.73. The number of hydrogen-bond donors (Lipinski definition) is 2. The highest BCUT2D eigenvalue weighted by Crippen LogP contribution is 2.09. The van der Waals surface area contributed by atoms with Crippen LogP contribution in [0.1, 0.15) is 31.5 Å². The normalized spacial score (nSPS) is 14.8. The lowest BCUT2D eigenvalue weighted by molar-refractivity contribution is -0.121. The summed E-state index contributed by atoms with van der Waals surface area (Å²) in [6.45, 7) is 1.10. The topological polar surface area (TPSA) is 89.2 Å². The Morgan fingerprint density at radius 1 is 1.37 bits per heavy atom. The van der Waals surface area contributed by atoms with E-state index in [0.29, 0.717) is 19.5 Å². The summed E-state index contributed by atoms with van der Waals surface area (Å²) >= 11 is 0. The maximum absolute atomic E-state index is 12.1. The molecule has 2 rings (SSSR count). The van der Waals surface area contributed by atoms with Crippen molar-refractivity contribution in [1.29, 1.82) is 0 Å². The number of nitrogens with zero attached hydrogens (tertiary/aromatic N) is 3. The van der Waals surface area contributed by atoms with Crippen LogP contribution >= 0.6 is 0 Å². The van der Waals surface area contributed by atoms with Crippen molar-refractivity contribution < 1.29 is 9.90 Å². The summed E-state index contributed by atoms with van der Waals surface area (Å²) in [4.78, 5) is 23.7. The first-order valence-electron chi connectivity index (χ1n) is 6.76. The molecule has 2 heterocycles. The molecule has 0 unspecified atom stereocenters. The third kappa shape index (κ3) is 3.44. The van der Waals surface area contributed by atoms with Gasteiger partial charge in [0.1, 0.15) is 12.4 Å². The summed E-state index contributed by atoms with van der Waals surface area (Å²) < 4.78 is 2.91. The Hall–Kier alpha value is -1.63. The van der Waals surface area contributed by atoms with E-state index in [2.05, 4.69) is 10.4 Å². The van der Waals surface area contributed by atoms with Crippen molar-refractivity contribution in [3.8, 4) is 0 Å². The summed E-state index contributed by atoms with van der Waals surface area (Å²) in [5, 5.41) is 15.5. The Morgan fingerprint density at radius 3 is 3.00 bits per heavy atom. The van der Waals surface area contributed by atoms with Crippen molar-refractivity contribution in [2.24, 2.45) is 0 Å². The van der Waals surface area contributed by atoms with Crippen LogP contribution in [0, 0.1) is 0 Å². The van der Waals surface area contributed by atoms with E-state index in [-0.39, 0.29) is 24.7 Å². The Morgan fingerprint density at radius 2 is 2.21 bits per heavy atom. The molecule has 1 aromatic heterocycles. The van der Waals surface area contributed by atoms with E-state index in [4.69, 9.17) is 5.11 Å². The van der Waals surface area contributed by atoms with Gasteiger partial charge < -0.3 is 10.4 Å². The fraction of sp³-hybridized carbons (Fsp3) is 0.750. The van der Waals surface area contributed by atoms with Crippen LogP contribution in [0.2, 0.25) is 0 Å². The van der Waals surface area contributed by atoms with E-state index in [0.717, 1.165) is 31.5 Å². The van der Waals surface area contributed by atoms with Crippen LogP contribution in [0.4, 0.5) is 0 Å². The molecule has 0 bridgehead atoms. The first-order chi connectivity index (χ1) is 9.22. The number of aliphatic hydroxyl groups is 1. The fourth-order valence-electron chi connectivity index (χ4n) is 2.23. The van der Waals surface area contributed by atoms with Crippen molar-refractivity contribution in [3.05, 3.63) is 16.3 Å². The summed E-state index contributed by atoms with van der Waals surface area (Å²) in [6.07, 6.45) is 4.46. The van der Waals surface area contributed by atoms with Gasteiger partial charge in [-0.3, -0.25) is 9.36 Å². The molecule has 0 atom stereocenters. The predicted molar refractivity (Wildman–Crippen MR) is 68.8 cm³/mol. The third-order valence-electron chi connectivity index (χ3n) is 3.23. The number of carbonyl (C=O) groups is 1. The van der Waals surface area contributed by atoms with E-state index >= 15 is 0 Å². The van der Waals surface area contributed by atoms with E-state index in [1.807, 2.05) is 0 Å². The molecule has 0 saturated heterocycles. The first-order valence-corrected chi connectivity index (χ1v) is 6.76. The molecule has 0 radical (unpaired) electrons. The van der Waals surface area contributed by atoms with Crippen LogP contribution in [-0.4, -0.2) is 38.5 Å². The zero-order valence-electron chi connectivity index (χ0n) is 11.0. The Bertz CT molecular complexity index is 492. The molecule has 0 fully saturated rings. The Balaban J connectivity index is 2.01. The molecule has 19 heavy (non-hydrogen) atoms. The second kappa shape index (κ2) is 6.51. The van der Waals surface area contributed by atoms with Gasteiger partial charge in [0.15, 0.2) is 0 Å². The number of amides is 1. The smallest absolute Gasteiger partial charge is 0.346 e. The highest BCUT2D eigenvalue weighted by Gasteiger charge is 2.16. The quantitative estimate of drug-likeness (QED) is 0.689. The maximum Gasteiger partial charge on any atom is 0.346 e. The van der Waals surface area contributed by atoms with Crippen molar-refractivity contribution in [2.75, 3.05) is 13.2 Å². The molecular formula is C12H20N4O3. The maximum atomic E-state index is 12.1. The molecule has 7 heteroatoms.